The lowest BCUT2D eigenvalue weighted by Crippen LogP contribution is -2.21. The molecule has 92 valence electrons. The van der Waals surface area contributed by atoms with Crippen molar-refractivity contribution in [3.63, 3.8) is 0 Å². The number of nitrogens with zero attached hydrogens (tertiary/aromatic N) is 3. The van der Waals surface area contributed by atoms with E-state index in [1.807, 2.05) is 0 Å². The number of aliphatic hydroxyl groups excluding tert-OH is 2. The van der Waals surface area contributed by atoms with Crippen LogP contribution >= 0.6 is 23.2 Å². The highest BCUT2D eigenvalue weighted by Gasteiger charge is 2.21. The van der Waals surface area contributed by atoms with E-state index in [4.69, 9.17) is 28.7 Å². The number of benzene rings is 1. The molecule has 0 aromatic heterocycles. The predicted molar refractivity (Wildman–Crippen MR) is 61.4 cm³/mol. The number of halogens is 3. The van der Waals surface area contributed by atoms with Crippen LogP contribution in [0.15, 0.2) is 17.2 Å². The summed E-state index contributed by atoms with van der Waals surface area (Å²) < 4.78 is 13.2. The van der Waals surface area contributed by atoms with Gasteiger partial charge in [0.05, 0.1) is 17.7 Å². The van der Waals surface area contributed by atoms with Crippen LogP contribution in [0.1, 0.15) is 11.7 Å². The Balaban J connectivity index is 2.99. The summed E-state index contributed by atoms with van der Waals surface area (Å²) in [6.45, 7) is -0.349. The highest BCUT2D eigenvalue weighted by molar-refractivity contribution is 6.35. The highest BCUT2D eigenvalue weighted by atomic mass is 35.5. The maximum atomic E-state index is 13.2. The minimum atomic E-state index is -1.46. The van der Waals surface area contributed by atoms with Crippen LogP contribution in [0, 0.1) is 5.82 Å². The van der Waals surface area contributed by atoms with Gasteiger partial charge in [0.2, 0.25) is 0 Å². The van der Waals surface area contributed by atoms with Crippen LogP contribution < -0.4 is 0 Å². The van der Waals surface area contributed by atoms with Gasteiger partial charge in [0.25, 0.3) is 0 Å². The summed E-state index contributed by atoms with van der Waals surface area (Å²) in [6.07, 6.45) is -2.83. The van der Waals surface area contributed by atoms with Crippen LogP contribution in [0.25, 0.3) is 10.4 Å². The fraction of sp³-hybridized carbons (Fsp3) is 0.333. The summed E-state index contributed by atoms with van der Waals surface area (Å²) in [5.74, 6) is -0.763. The summed E-state index contributed by atoms with van der Waals surface area (Å²) in [6, 6.07) is 2.05. The van der Waals surface area contributed by atoms with Crippen LogP contribution in [0.5, 0.6) is 0 Å². The molecule has 0 fully saturated rings. The minimum Gasteiger partial charge on any atom is -0.390 e. The van der Waals surface area contributed by atoms with Crippen molar-refractivity contribution in [2.45, 2.75) is 12.2 Å². The van der Waals surface area contributed by atoms with Gasteiger partial charge in [-0.15, -0.1) is 0 Å². The average Bonchev–Trinajstić information content (AvgIpc) is 2.29. The van der Waals surface area contributed by atoms with Gasteiger partial charge in [-0.2, -0.15) is 0 Å². The largest absolute Gasteiger partial charge is 0.390 e. The summed E-state index contributed by atoms with van der Waals surface area (Å²) in [7, 11) is 0. The zero-order valence-electron chi connectivity index (χ0n) is 8.39. The Morgan fingerprint density at radius 3 is 2.59 bits per heavy atom. The van der Waals surface area contributed by atoms with Crippen LogP contribution in [0.2, 0.25) is 10.0 Å². The fourth-order valence-corrected chi connectivity index (χ4v) is 1.69. The molecular formula is C9H8Cl2FN3O2. The molecule has 2 atom stereocenters. The molecule has 5 nitrogen and oxygen atoms in total. The van der Waals surface area contributed by atoms with E-state index in [0.717, 1.165) is 12.1 Å². The summed E-state index contributed by atoms with van der Waals surface area (Å²) in [5, 5.41) is 22.1. The van der Waals surface area contributed by atoms with E-state index in [-0.39, 0.29) is 22.2 Å². The van der Waals surface area contributed by atoms with E-state index < -0.39 is 18.0 Å². The van der Waals surface area contributed by atoms with Crippen LogP contribution in [0.3, 0.4) is 0 Å². The Morgan fingerprint density at radius 2 is 2.00 bits per heavy atom. The Kier molecular flexibility index (Phi) is 4.99. The van der Waals surface area contributed by atoms with Crippen molar-refractivity contribution < 1.29 is 14.6 Å². The van der Waals surface area contributed by atoms with E-state index in [1.165, 1.54) is 0 Å². The molecular weight excluding hydrogens is 272 g/mol. The maximum absolute atomic E-state index is 13.2. The molecule has 0 heterocycles. The smallest absolute Gasteiger partial charge is 0.142 e. The van der Waals surface area contributed by atoms with Crippen molar-refractivity contribution in [3.8, 4) is 0 Å². The second-order valence-electron chi connectivity index (χ2n) is 3.21. The number of hydrogen-bond acceptors (Lipinski definition) is 3. The van der Waals surface area contributed by atoms with Gasteiger partial charge in [-0.25, -0.2) is 4.39 Å². The molecule has 0 aliphatic carbocycles. The molecule has 2 N–H and O–H groups in total. The number of rotatable bonds is 4. The van der Waals surface area contributed by atoms with E-state index in [0.29, 0.717) is 0 Å². The lowest BCUT2D eigenvalue weighted by Gasteiger charge is -2.17. The first-order chi connectivity index (χ1) is 7.97. The topological polar surface area (TPSA) is 89.2 Å². The van der Waals surface area contributed by atoms with Gasteiger partial charge in [0, 0.05) is 15.5 Å². The van der Waals surface area contributed by atoms with E-state index in [1.54, 1.807) is 0 Å². The standard InChI is InChI=1S/C9H8Cl2FN3O2/c10-5-2-6(11)7(12)1-4(5)9(17)8(16)3-14-15-13/h1-2,8-9,16-17H,3H2. The van der Waals surface area contributed by atoms with Gasteiger partial charge < -0.3 is 10.2 Å². The molecule has 8 heteroatoms. The molecule has 0 aliphatic heterocycles. The molecule has 0 aliphatic rings. The molecule has 1 aromatic rings. The predicted octanol–water partition coefficient (Wildman–Crippen LogP) is 2.84. The summed E-state index contributed by atoms with van der Waals surface area (Å²) in [4.78, 5) is 2.43. The van der Waals surface area contributed by atoms with E-state index >= 15 is 0 Å². The Labute approximate surface area is 106 Å². The number of azide groups is 1. The first kappa shape index (κ1) is 14.0. The molecule has 0 saturated heterocycles. The Morgan fingerprint density at radius 1 is 1.35 bits per heavy atom. The zero-order valence-corrected chi connectivity index (χ0v) is 9.90. The molecule has 0 saturated carbocycles. The van der Waals surface area contributed by atoms with Crippen LogP contribution in [0.4, 0.5) is 4.39 Å². The van der Waals surface area contributed by atoms with Crippen LogP contribution in [-0.4, -0.2) is 22.9 Å². The number of aliphatic hydroxyl groups is 2. The average molecular weight is 280 g/mol. The van der Waals surface area contributed by atoms with Crippen molar-refractivity contribution in [1.82, 2.24) is 0 Å². The van der Waals surface area contributed by atoms with Gasteiger partial charge in [-0.3, -0.25) is 0 Å². The third-order valence-electron chi connectivity index (χ3n) is 2.05. The lowest BCUT2D eigenvalue weighted by atomic mass is 10.0. The first-order valence-electron chi connectivity index (χ1n) is 4.48. The normalized spacial score (nSPS) is 13.9. The molecule has 1 rings (SSSR count). The van der Waals surface area contributed by atoms with Gasteiger partial charge in [0.1, 0.15) is 11.9 Å². The summed E-state index contributed by atoms with van der Waals surface area (Å²) in [5.41, 5.74) is 8.05. The number of hydrogen-bond donors (Lipinski definition) is 2. The molecule has 17 heavy (non-hydrogen) atoms. The van der Waals surface area contributed by atoms with Gasteiger partial charge >= 0.3 is 0 Å². The Hall–Kier alpha value is -1.04. The van der Waals surface area contributed by atoms with Gasteiger partial charge in [-0.05, 0) is 17.7 Å². The monoisotopic (exact) mass is 279 g/mol. The van der Waals surface area contributed by atoms with Crippen molar-refractivity contribution in [2.75, 3.05) is 6.54 Å². The highest BCUT2D eigenvalue weighted by Crippen LogP contribution is 2.30. The van der Waals surface area contributed by atoms with E-state index in [2.05, 4.69) is 10.0 Å². The zero-order chi connectivity index (χ0) is 13.0. The molecule has 0 amide bonds. The minimum absolute atomic E-state index is 0.0175. The summed E-state index contributed by atoms with van der Waals surface area (Å²) >= 11 is 11.2. The van der Waals surface area contributed by atoms with Crippen LogP contribution in [-0.2, 0) is 0 Å². The van der Waals surface area contributed by atoms with Crippen molar-refractivity contribution in [2.24, 2.45) is 5.11 Å². The Bertz CT molecular complexity index is 466. The van der Waals surface area contributed by atoms with Gasteiger partial charge in [0.15, 0.2) is 0 Å². The molecule has 0 radical (unpaired) electrons. The fourth-order valence-electron chi connectivity index (χ4n) is 1.19. The quantitative estimate of drug-likeness (QED) is 0.384. The molecule has 0 spiro atoms. The van der Waals surface area contributed by atoms with Crippen molar-refractivity contribution in [3.05, 3.63) is 44.0 Å². The first-order valence-corrected chi connectivity index (χ1v) is 5.24. The molecule has 2 unspecified atom stereocenters. The van der Waals surface area contributed by atoms with E-state index in [9.17, 15) is 14.6 Å². The SMILES string of the molecule is [N-]=[N+]=NCC(O)C(O)c1cc(F)c(Cl)cc1Cl. The second-order valence-corrected chi connectivity index (χ2v) is 4.03. The second kappa shape index (κ2) is 6.05. The third-order valence-corrected chi connectivity index (χ3v) is 2.67. The van der Waals surface area contributed by atoms with Crippen molar-refractivity contribution >= 4 is 23.2 Å². The lowest BCUT2D eigenvalue weighted by molar-refractivity contribution is 0.0243. The van der Waals surface area contributed by atoms with Gasteiger partial charge in [-0.1, -0.05) is 28.3 Å². The molecule has 1 aromatic carbocycles. The van der Waals surface area contributed by atoms with Crippen molar-refractivity contribution in [1.29, 1.82) is 0 Å². The third kappa shape index (κ3) is 3.46. The maximum Gasteiger partial charge on any atom is 0.142 e. The molecule has 0 bridgehead atoms.